The second-order valence-corrected chi connectivity index (χ2v) is 5.02. The first-order chi connectivity index (χ1) is 8.38. The van der Waals surface area contributed by atoms with Gasteiger partial charge in [-0.2, -0.15) is 0 Å². The van der Waals surface area contributed by atoms with Crippen molar-refractivity contribution in [3.8, 4) is 11.8 Å². The molecule has 3 nitrogen and oxygen atoms in total. The van der Waals surface area contributed by atoms with Crippen LogP contribution in [-0.2, 0) is 5.75 Å². The van der Waals surface area contributed by atoms with Crippen molar-refractivity contribution in [2.75, 3.05) is 6.61 Å². The van der Waals surface area contributed by atoms with Crippen LogP contribution in [-0.4, -0.2) is 21.7 Å². The van der Waals surface area contributed by atoms with Crippen molar-refractivity contribution in [3.63, 3.8) is 0 Å². The van der Waals surface area contributed by atoms with Crippen LogP contribution in [0.3, 0.4) is 0 Å². The lowest BCUT2D eigenvalue weighted by molar-refractivity contribution is 0.350. The zero-order valence-corrected chi connectivity index (χ0v) is 10.6. The highest BCUT2D eigenvalue weighted by atomic mass is 32.2. The van der Waals surface area contributed by atoms with E-state index in [0.717, 1.165) is 16.5 Å². The maximum atomic E-state index is 8.60. The molecule has 0 unspecified atom stereocenters. The minimum absolute atomic E-state index is 0.0994. The SMILES string of the molecule is OCC#Cc1csc(CSc2ncccn2)c1. The summed E-state index contributed by atoms with van der Waals surface area (Å²) in [5.41, 5.74) is 0.952. The van der Waals surface area contributed by atoms with Crippen molar-refractivity contribution < 1.29 is 5.11 Å². The molecule has 2 rings (SSSR count). The lowest BCUT2D eigenvalue weighted by Gasteiger charge is -1.95. The van der Waals surface area contributed by atoms with Crippen LogP contribution >= 0.6 is 23.1 Å². The number of aliphatic hydroxyl groups excluding tert-OH is 1. The van der Waals surface area contributed by atoms with Crippen molar-refractivity contribution in [1.82, 2.24) is 9.97 Å². The molecule has 0 saturated heterocycles. The monoisotopic (exact) mass is 262 g/mol. The summed E-state index contributed by atoms with van der Waals surface area (Å²) in [5, 5.41) is 11.4. The normalized spacial score (nSPS) is 9.71. The van der Waals surface area contributed by atoms with Gasteiger partial charge < -0.3 is 5.11 Å². The summed E-state index contributed by atoms with van der Waals surface area (Å²) in [4.78, 5) is 9.52. The lowest BCUT2D eigenvalue weighted by Crippen LogP contribution is -1.83. The van der Waals surface area contributed by atoms with Gasteiger partial charge in [-0.15, -0.1) is 11.3 Å². The van der Waals surface area contributed by atoms with Gasteiger partial charge in [0.2, 0.25) is 0 Å². The van der Waals surface area contributed by atoms with Gasteiger partial charge >= 0.3 is 0 Å². The van der Waals surface area contributed by atoms with Crippen molar-refractivity contribution in [2.45, 2.75) is 10.9 Å². The van der Waals surface area contributed by atoms with Crippen LogP contribution in [0.4, 0.5) is 0 Å². The van der Waals surface area contributed by atoms with Crippen LogP contribution in [0.25, 0.3) is 0 Å². The summed E-state index contributed by atoms with van der Waals surface area (Å²) >= 11 is 3.26. The molecule has 0 atom stereocenters. The number of nitrogens with zero attached hydrogens (tertiary/aromatic N) is 2. The largest absolute Gasteiger partial charge is 0.384 e. The highest BCUT2D eigenvalue weighted by Crippen LogP contribution is 2.23. The van der Waals surface area contributed by atoms with E-state index < -0.39 is 0 Å². The highest BCUT2D eigenvalue weighted by Gasteiger charge is 2.01. The third-order valence-corrected chi connectivity index (χ3v) is 3.89. The second kappa shape index (κ2) is 6.40. The van der Waals surface area contributed by atoms with E-state index in [-0.39, 0.29) is 6.61 Å². The smallest absolute Gasteiger partial charge is 0.187 e. The maximum absolute atomic E-state index is 8.60. The number of aliphatic hydroxyl groups is 1. The van der Waals surface area contributed by atoms with Gasteiger partial charge in [0.1, 0.15) is 6.61 Å². The van der Waals surface area contributed by atoms with Gasteiger partial charge in [-0.25, -0.2) is 9.97 Å². The molecule has 1 N–H and O–H groups in total. The van der Waals surface area contributed by atoms with Crippen LogP contribution in [0.1, 0.15) is 10.4 Å². The van der Waals surface area contributed by atoms with Crippen molar-refractivity contribution >= 4 is 23.1 Å². The summed E-state index contributed by atoms with van der Waals surface area (Å²) in [6.07, 6.45) is 3.48. The van der Waals surface area contributed by atoms with Crippen LogP contribution in [0, 0.1) is 11.8 Å². The Hall–Kier alpha value is -1.35. The first kappa shape index (κ1) is 12.1. The Kier molecular flexibility index (Phi) is 4.56. The molecule has 17 heavy (non-hydrogen) atoms. The number of hydrogen-bond donors (Lipinski definition) is 1. The van der Waals surface area contributed by atoms with E-state index in [9.17, 15) is 0 Å². The molecule has 0 radical (unpaired) electrons. The molecule has 0 aliphatic heterocycles. The quantitative estimate of drug-likeness (QED) is 0.523. The Bertz CT molecular complexity index is 528. The first-order valence-corrected chi connectivity index (χ1v) is 6.82. The summed E-state index contributed by atoms with van der Waals surface area (Å²) in [7, 11) is 0. The van der Waals surface area contributed by atoms with Gasteiger partial charge in [0, 0.05) is 34.0 Å². The minimum atomic E-state index is -0.0994. The Balaban J connectivity index is 1.94. The zero-order chi connectivity index (χ0) is 11.9. The number of thiophene rings is 1. The Morgan fingerprint density at radius 3 is 2.94 bits per heavy atom. The second-order valence-electron chi connectivity index (χ2n) is 3.08. The van der Waals surface area contributed by atoms with Crippen LogP contribution < -0.4 is 0 Å². The standard InChI is InChI=1S/C12H10N2OS2/c15-6-1-3-10-7-11(16-8-10)9-17-12-13-4-2-5-14-12/h2,4-5,7-8,15H,6,9H2. The topological polar surface area (TPSA) is 46.0 Å². The molecule has 0 amide bonds. The molecule has 0 aliphatic carbocycles. The summed E-state index contributed by atoms with van der Waals surface area (Å²) in [6, 6.07) is 3.83. The van der Waals surface area contributed by atoms with E-state index in [1.807, 2.05) is 11.4 Å². The molecule has 5 heteroatoms. The molecule has 0 aromatic carbocycles. The molecule has 2 aromatic heterocycles. The molecule has 2 heterocycles. The predicted octanol–water partition coefficient (Wildman–Crippen LogP) is 2.17. The van der Waals surface area contributed by atoms with E-state index >= 15 is 0 Å². The number of rotatable bonds is 3. The molecule has 0 bridgehead atoms. The molecule has 86 valence electrons. The van der Waals surface area contributed by atoms with E-state index in [0.29, 0.717) is 0 Å². The predicted molar refractivity (Wildman–Crippen MR) is 69.9 cm³/mol. The fourth-order valence-electron chi connectivity index (χ4n) is 1.16. The van der Waals surface area contributed by atoms with E-state index in [1.54, 1.807) is 41.6 Å². The minimum Gasteiger partial charge on any atom is -0.384 e. The van der Waals surface area contributed by atoms with Crippen LogP contribution in [0.5, 0.6) is 0 Å². The fourth-order valence-corrected chi connectivity index (χ4v) is 2.83. The van der Waals surface area contributed by atoms with E-state index in [2.05, 4.69) is 21.8 Å². The summed E-state index contributed by atoms with van der Waals surface area (Å²) in [6.45, 7) is -0.0994. The first-order valence-electron chi connectivity index (χ1n) is 4.95. The Morgan fingerprint density at radius 1 is 1.35 bits per heavy atom. The van der Waals surface area contributed by atoms with Gasteiger partial charge in [-0.05, 0) is 12.1 Å². The third kappa shape index (κ3) is 3.86. The number of hydrogen-bond acceptors (Lipinski definition) is 5. The Morgan fingerprint density at radius 2 is 2.18 bits per heavy atom. The lowest BCUT2D eigenvalue weighted by atomic mass is 10.3. The molecule has 0 spiro atoms. The number of thioether (sulfide) groups is 1. The third-order valence-electron chi connectivity index (χ3n) is 1.85. The molecule has 0 aliphatic rings. The van der Waals surface area contributed by atoms with Gasteiger partial charge in [0.15, 0.2) is 5.16 Å². The fraction of sp³-hybridized carbons (Fsp3) is 0.167. The van der Waals surface area contributed by atoms with Gasteiger partial charge in [0.25, 0.3) is 0 Å². The molecule has 0 fully saturated rings. The molecular formula is C12H10N2OS2. The highest BCUT2D eigenvalue weighted by molar-refractivity contribution is 7.98. The van der Waals surface area contributed by atoms with Crippen molar-refractivity contribution in [3.05, 3.63) is 40.3 Å². The van der Waals surface area contributed by atoms with Crippen LogP contribution in [0.2, 0.25) is 0 Å². The molecular weight excluding hydrogens is 252 g/mol. The summed E-state index contributed by atoms with van der Waals surface area (Å²) in [5.74, 6) is 6.36. The average molecular weight is 262 g/mol. The van der Waals surface area contributed by atoms with Crippen molar-refractivity contribution in [2.24, 2.45) is 0 Å². The molecule has 2 aromatic rings. The Labute approximate surface area is 108 Å². The zero-order valence-electron chi connectivity index (χ0n) is 8.96. The van der Waals surface area contributed by atoms with Gasteiger partial charge in [0.05, 0.1) is 0 Å². The molecule has 0 saturated carbocycles. The van der Waals surface area contributed by atoms with Crippen molar-refractivity contribution in [1.29, 1.82) is 0 Å². The van der Waals surface area contributed by atoms with Gasteiger partial charge in [-0.1, -0.05) is 23.6 Å². The van der Waals surface area contributed by atoms with Crippen LogP contribution in [0.15, 0.2) is 35.1 Å². The van der Waals surface area contributed by atoms with Gasteiger partial charge in [-0.3, -0.25) is 0 Å². The summed E-state index contributed by atoms with van der Waals surface area (Å²) < 4.78 is 0. The average Bonchev–Trinajstić information content (AvgIpc) is 2.83. The van der Waals surface area contributed by atoms with E-state index in [1.165, 1.54) is 4.88 Å². The van der Waals surface area contributed by atoms with E-state index in [4.69, 9.17) is 5.11 Å². The maximum Gasteiger partial charge on any atom is 0.187 e. The number of aromatic nitrogens is 2.